The van der Waals surface area contributed by atoms with Gasteiger partial charge in [-0.15, -0.1) is 17.9 Å². The van der Waals surface area contributed by atoms with Crippen molar-refractivity contribution in [2.24, 2.45) is 0 Å². The zero-order valence-electron chi connectivity index (χ0n) is 16.9. The molecule has 0 saturated heterocycles. The van der Waals surface area contributed by atoms with Crippen LogP contribution in [0.4, 0.5) is 0 Å². The molecule has 0 bridgehead atoms. The van der Waals surface area contributed by atoms with Crippen molar-refractivity contribution in [1.29, 1.82) is 0 Å². The zero-order chi connectivity index (χ0) is 20.5. The molecule has 0 radical (unpaired) electrons. The van der Waals surface area contributed by atoms with E-state index in [2.05, 4.69) is 104 Å². The molecule has 144 valence electrons. The summed E-state index contributed by atoms with van der Waals surface area (Å²) in [5.74, 6) is 0. The van der Waals surface area contributed by atoms with Gasteiger partial charge in [0.25, 0.3) is 0 Å². The Morgan fingerprint density at radius 3 is 1.90 bits per heavy atom. The molecule has 1 heteroatoms. The largest absolute Gasteiger partial charge is 0.135 e. The summed E-state index contributed by atoms with van der Waals surface area (Å²) in [6.45, 7) is 5.25. The zero-order valence-corrected chi connectivity index (χ0v) is 17.7. The topological polar surface area (TPSA) is 0 Å². The van der Waals surface area contributed by atoms with Crippen molar-refractivity contribution in [3.63, 3.8) is 0 Å². The molecule has 0 aliphatic carbocycles. The third kappa shape index (κ3) is 3.18. The van der Waals surface area contributed by atoms with Crippen molar-refractivity contribution in [2.45, 2.75) is 6.92 Å². The van der Waals surface area contributed by atoms with Gasteiger partial charge in [-0.3, -0.25) is 0 Å². The van der Waals surface area contributed by atoms with Gasteiger partial charge >= 0.3 is 0 Å². The molecule has 6 rings (SSSR count). The maximum absolute atomic E-state index is 3.36. The van der Waals surface area contributed by atoms with E-state index in [4.69, 9.17) is 0 Å². The van der Waals surface area contributed by atoms with Crippen LogP contribution in [0.15, 0.2) is 110 Å². The van der Waals surface area contributed by atoms with Crippen LogP contribution < -0.4 is 0 Å². The van der Waals surface area contributed by atoms with E-state index in [1.165, 1.54) is 52.8 Å². The molecule has 0 nitrogen and oxygen atoms in total. The lowest BCUT2D eigenvalue weighted by Crippen LogP contribution is -1.81. The minimum absolute atomic E-state index is 1.27. The first-order valence-corrected chi connectivity index (χ1v) is 11.0. The average molecular weight is 403 g/mol. The maximum Gasteiger partial charge on any atom is 0.0355 e. The third-order valence-electron chi connectivity index (χ3n) is 5.46. The van der Waals surface area contributed by atoms with Crippen LogP contribution in [-0.4, -0.2) is 0 Å². The van der Waals surface area contributed by atoms with Gasteiger partial charge in [-0.2, -0.15) is 0 Å². The number of thiophene rings is 1. The highest BCUT2D eigenvalue weighted by Gasteiger charge is 2.08. The Morgan fingerprint density at radius 1 is 0.567 bits per heavy atom. The van der Waals surface area contributed by atoms with E-state index in [0.717, 1.165) is 0 Å². The summed E-state index contributed by atoms with van der Waals surface area (Å²) in [6.07, 6.45) is 1.75. The van der Waals surface area contributed by atoms with Gasteiger partial charge in [-0.05, 0) is 63.9 Å². The number of hydrogen-bond donors (Lipinski definition) is 0. The minimum Gasteiger partial charge on any atom is -0.135 e. The maximum atomic E-state index is 3.36. The number of benzene rings is 5. The normalized spacial score (nSPS) is 11.0. The van der Waals surface area contributed by atoms with Gasteiger partial charge in [-0.1, -0.05) is 78.9 Å². The number of hydrogen-bond acceptors (Lipinski definition) is 1. The Balaban J connectivity index is 0.000000609. The van der Waals surface area contributed by atoms with Crippen LogP contribution in [0.25, 0.3) is 52.8 Å². The molecule has 30 heavy (non-hydrogen) atoms. The van der Waals surface area contributed by atoms with Gasteiger partial charge < -0.3 is 0 Å². The Kier molecular flexibility index (Phi) is 4.82. The number of rotatable bonds is 1. The molecule has 0 N–H and O–H groups in total. The smallest absolute Gasteiger partial charge is 0.0355 e. The molecule has 0 aliphatic rings. The molecule has 1 heterocycles. The van der Waals surface area contributed by atoms with Crippen LogP contribution in [0.3, 0.4) is 0 Å². The molecular formula is C29H22S. The highest BCUT2D eigenvalue weighted by molar-refractivity contribution is 7.25. The summed E-state index contributed by atoms with van der Waals surface area (Å²) in [5, 5.41) is 7.93. The molecule has 0 atom stereocenters. The molecule has 0 spiro atoms. The Hall–Kier alpha value is -3.42. The molecule has 0 fully saturated rings. The monoisotopic (exact) mass is 402 g/mol. The second-order valence-electron chi connectivity index (χ2n) is 7.44. The molecule has 0 amide bonds. The van der Waals surface area contributed by atoms with Crippen LogP contribution >= 0.6 is 11.3 Å². The van der Waals surface area contributed by atoms with Crippen LogP contribution in [0.1, 0.15) is 6.92 Å². The van der Waals surface area contributed by atoms with Crippen molar-refractivity contribution in [1.82, 2.24) is 0 Å². The lowest BCUT2D eigenvalue weighted by molar-refractivity contribution is 1.70. The van der Waals surface area contributed by atoms with Crippen molar-refractivity contribution in [3.05, 3.63) is 110 Å². The van der Waals surface area contributed by atoms with Crippen LogP contribution in [0, 0.1) is 0 Å². The van der Waals surface area contributed by atoms with E-state index in [1.807, 2.05) is 18.3 Å². The Labute approximate surface area is 180 Å². The van der Waals surface area contributed by atoms with Gasteiger partial charge in [0, 0.05) is 20.2 Å². The van der Waals surface area contributed by atoms with Gasteiger partial charge in [0.15, 0.2) is 0 Å². The van der Waals surface area contributed by atoms with E-state index < -0.39 is 0 Å². The van der Waals surface area contributed by atoms with E-state index in [-0.39, 0.29) is 0 Å². The SMILES string of the molecule is C=CC.c1ccc2c(c1)ccc1ccc(-c3ccc4sc5ccccc5c4c3)cc12. The summed E-state index contributed by atoms with van der Waals surface area (Å²) in [5.41, 5.74) is 2.55. The van der Waals surface area contributed by atoms with Crippen molar-refractivity contribution >= 4 is 53.1 Å². The first-order chi connectivity index (χ1) is 14.8. The van der Waals surface area contributed by atoms with Crippen LogP contribution in [0.2, 0.25) is 0 Å². The van der Waals surface area contributed by atoms with Gasteiger partial charge in [0.1, 0.15) is 0 Å². The molecule has 0 saturated carbocycles. The van der Waals surface area contributed by atoms with E-state index in [9.17, 15) is 0 Å². The second kappa shape index (κ2) is 7.78. The molecule has 6 aromatic rings. The van der Waals surface area contributed by atoms with Gasteiger partial charge in [0.05, 0.1) is 0 Å². The third-order valence-corrected chi connectivity index (χ3v) is 6.61. The molecular weight excluding hydrogens is 380 g/mol. The van der Waals surface area contributed by atoms with Crippen molar-refractivity contribution in [3.8, 4) is 11.1 Å². The fourth-order valence-electron chi connectivity index (χ4n) is 4.09. The molecule has 1 aromatic heterocycles. The van der Waals surface area contributed by atoms with Crippen molar-refractivity contribution < 1.29 is 0 Å². The predicted molar refractivity (Wildman–Crippen MR) is 136 cm³/mol. The van der Waals surface area contributed by atoms with Crippen LogP contribution in [0.5, 0.6) is 0 Å². The summed E-state index contributed by atoms with van der Waals surface area (Å²) in [6, 6.07) is 35.4. The van der Waals surface area contributed by atoms with E-state index in [1.54, 1.807) is 6.08 Å². The van der Waals surface area contributed by atoms with Crippen molar-refractivity contribution in [2.75, 3.05) is 0 Å². The Morgan fingerprint density at radius 2 is 1.10 bits per heavy atom. The van der Waals surface area contributed by atoms with Crippen LogP contribution in [-0.2, 0) is 0 Å². The molecule has 5 aromatic carbocycles. The average Bonchev–Trinajstić information content (AvgIpc) is 3.17. The highest BCUT2D eigenvalue weighted by atomic mass is 32.1. The summed E-state index contributed by atoms with van der Waals surface area (Å²) < 4.78 is 2.71. The quantitative estimate of drug-likeness (QED) is 0.190. The Bertz CT molecular complexity index is 1520. The summed E-state index contributed by atoms with van der Waals surface area (Å²) in [7, 11) is 0. The van der Waals surface area contributed by atoms with E-state index in [0.29, 0.717) is 0 Å². The summed E-state index contributed by atoms with van der Waals surface area (Å²) >= 11 is 1.87. The standard InChI is InChI=1S/C26H16S.C3H6/c1-2-6-21-17(5-1)9-10-18-11-12-19(15-23(18)21)20-13-14-26-24(16-20)22-7-3-4-8-25(22)27-26;1-3-2/h1-16H;3H,1H2,2H3. The second-order valence-corrected chi connectivity index (χ2v) is 8.52. The lowest BCUT2D eigenvalue weighted by atomic mass is 9.96. The molecule has 0 aliphatic heterocycles. The molecule has 0 unspecified atom stereocenters. The van der Waals surface area contributed by atoms with Gasteiger partial charge in [0.2, 0.25) is 0 Å². The lowest BCUT2D eigenvalue weighted by Gasteiger charge is -2.08. The minimum atomic E-state index is 1.27. The number of allylic oxidation sites excluding steroid dienone is 1. The predicted octanol–water partition coefficient (Wildman–Crippen LogP) is 9.22. The first-order valence-electron chi connectivity index (χ1n) is 10.2. The highest BCUT2D eigenvalue weighted by Crippen LogP contribution is 2.37. The fourth-order valence-corrected chi connectivity index (χ4v) is 5.17. The number of fused-ring (bicyclic) bond motifs is 6. The summed E-state index contributed by atoms with van der Waals surface area (Å²) in [4.78, 5) is 0. The fraction of sp³-hybridized carbons (Fsp3) is 0.0345. The van der Waals surface area contributed by atoms with E-state index >= 15 is 0 Å². The van der Waals surface area contributed by atoms with Gasteiger partial charge in [-0.25, -0.2) is 0 Å². The first kappa shape index (κ1) is 18.6.